The summed E-state index contributed by atoms with van der Waals surface area (Å²) in [4.78, 5) is 20.1. The lowest BCUT2D eigenvalue weighted by Gasteiger charge is -2.17. The van der Waals surface area contributed by atoms with Crippen molar-refractivity contribution in [2.24, 2.45) is 0 Å². The molecule has 0 bridgehead atoms. The van der Waals surface area contributed by atoms with Crippen molar-refractivity contribution in [2.45, 2.75) is 45.6 Å². The minimum atomic E-state index is -0.241. The molecule has 0 saturated carbocycles. The number of imidazole rings is 1. The molecule has 0 aliphatic carbocycles. The number of anilines is 2. The van der Waals surface area contributed by atoms with Crippen LogP contribution >= 0.6 is 11.3 Å². The van der Waals surface area contributed by atoms with Gasteiger partial charge in [0.2, 0.25) is 16.0 Å². The molecule has 2 aromatic heterocycles. The SMILES string of the molecule is Cc1ccc(N2CCC(Nc3nn4cc(C(C)(C)C)nc4s3)C2=O)cc1. The molecule has 1 N–H and O–H groups in total. The largest absolute Gasteiger partial charge is 0.348 e. The zero-order valence-corrected chi connectivity index (χ0v) is 16.3. The number of benzene rings is 1. The molecule has 1 unspecified atom stereocenters. The summed E-state index contributed by atoms with van der Waals surface area (Å²) < 4.78 is 1.80. The van der Waals surface area contributed by atoms with Crippen LogP contribution in [-0.2, 0) is 10.2 Å². The number of aryl methyl sites for hydroxylation is 1. The van der Waals surface area contributed by atoms with E-state index < -0.39 is 0 Å². The predicted octanol–water partition coefficient (Wildman–Crippen LogP) is 3.61. The van der Waals surface area contributed by atoms with Gasteiger partial charge in [-0.1, -0.05) is 49.8 Å². The first-order valence-electron chi connectivity index (χ1n) is 8.82. The van der Waals surface area contributed by atoms with Crippen LogP contribution in [0.2, 0.25) is 0 Å². The molecule has 4 rings (SSSR count). The molecule has 6 nitrogen and oxygen atoms in total. The zero-order chi connectivity index (χ0) is 18.5. The average Bonchev–Trinajstić information content (AvgIpc) is 3.22. The molecular weight excluding hydrogens is 346 g/mol. The van der Waals surface area contributed by atoms with Gasteiger partial charge in [-0.3, -0.25) is 4.79 Å². The lowest BCUT2D eigenvalue weighted by Crippen LogP contribution is -2.33. The maximum atomic E-state index is 12.8. The van der Waals surface area contributed by atoms with Gasteiger partial charge in [0.25, 0.3) is 0 Å². The van der Waals surface area contributed by atoms with Gasteiger partial charge in [0.15, 0.2) is 0 Å². The second kappa shape index (κ2) is 6.09. The number of fused-ring (bicyclic) bond motifs is 1. The molecule has 1 aromatic carbocycles. The van der Waals surface area contributed by atoms with Crippen molar-refractivity contribution < 1.29 is 4.79 Å². The Balaban J connectivity index is 1.49. The highest BCUT2D eigenvalue weighted by Gasteiger charge is 2.33. The molecule has 26 heavy (non-hydrogen) atoms. The summed E-state index contributed by atoms with van der Waals surface area (Å²) in [6, 6.07) is 7.83. The number of nitrogens with one attached hydrogen (secondary N) is 1. The van der Waals surface area contributed by atoms with E-state index >= 15 is 0 Å². The van der Waals surface area contributed by atoms with Crippen LogP contribution in [0, 0.1) is 6.92 Å². The third-order valence-electron chi connectivity index (χ3n) is 4.66. The summed E-state index contributed by atoms with van der Waals surface area (Å²) in [7, 11) is 0. The molecule has 0 radical (unpaired) electrons. The van der Waals surface area contributed by atoms with E-state index in [1.807, 2.05) is 42.3 Å². The Labute approximate surface area is 156 Å². The van der Waals surface area contributed by atoms with Gasteiger partial charge in [0.05, 0.1) is 11.9 Å². The summed E-state index contributed by atoms with van der Waals surface area (Å²) in [5.74, 6) is 0.0945. The molecule has 1 aliphatic heterocycles. The fourth-order valence-corrected chi connectivity index (χ4v) is 3.90. The lowest BCUT2D eigenvalue weighted by atomic mass is 9.93. The highest BCUT2D eigenvalue weighted by molar-refractivity contribution is 7.20. The van der Waals surface area contributed by atoms with E-state index in [0.29, 0.717) is 0 Å². The van der Waals surface area contributed by atoms with Gasteiger partial charge in [0, 0.05) is 17.6 Å². The van der Waals surface area contributed by atoms with Gasteiger partial charge >= 0.3 is 0 Å². The monoisotopic (exact) mass is 369 g/mol. The minimum Gasteiger partial charge on any atom is -0.348 e. The van der Waals surface area contributed by atoms with E-state index in [0.717, 1.165) is 34.4 Å². The number of hydrogen-bond donors (Lipinski definition) is 1. The summed E-state index contributed by atoms with van der Waals surface area (Å²) in [6.07, 6.45) is 2.73. The predicted molar refractivity (Wildman–Crippen MR) is 105 cm³/mol. The van der Waals surface area contributed by atoms with E-state index in [1.165, 1.54) is 16.9 Å². The zero-order valence-electron chi connectivity index (χ0n) is 15.5. The standard InChI is InChI=1S/C19H23N5OS/c1-12-5-7-13(8-6-12)23-10-9-14(16(23)25)20-17-22-24-11-15(19(2,3)4)21-18(24)26-17/h5-8,11,14H,9-10H2,1-4H3,(H,20,22). The van der Waals surface area contributed by atoms with Crippen LogP contribution in [0.5, 0.6) is 0 Å². The second-order valence-corrected chi connectivity index (χ2v) is 8.78. The molecule has 1 amide bonds. The summed E-state index contributed by atoms with van der Waals surface area (Å²) in [5.41, 5.74) is 3.16. The number of nitrogens with zero attached hydrogens (tertiary/aromatic N) is 4. The van der Waals surface area contributed by atoms with Crippen LogP contribution in [0.15, 0.2) is 30.5 Å². The summed E-state index contributed by atoms with van der Waals surface area (Å²) in [6.45, 7) is 9.17. The van der Waals surface area contributed by atoms with Crippen molar-refractivity contribution in [1.29, 1.82) is 0 Å². The minimum absolute atomic E-state index is 0.00301. The Hall–Kier alpha value is -2.41. The van der Waals surface area contributed by atoms with Gasteiger partial charge in [0.1, 0.15) is 6.04 Å². The summed E-state index contributed by atoms with van der Waals surface area (Å²) >= 11 is 1.48. The summed E-state index contributed by atoms with van der Waals surface area (Å²) in [5, 5.41) is 8.57. The van der Waals surface area contributed by atoms with E-state index in [1.54, 1.807) is 4.52 Å². The Morgan fingerprint density at radius 1 is 1.23 bits per heavy atom. The van der Waals surface area contributed by atoms with Crippen LogP contribution in [0.3, 0.4) is 0 Å². The van der Waals surface area contributed by atoms with Gasteiger partial charge < -0.3 is 10.2 Å². The Morgan fingerprint density at radius 2 is 1.96 bits per heavy atom. The topological polar surface area (TPSA) is 62.5 Å². The number of hydrogen-bond acceptors (Lipinski definition) is 5. The maximum absolute atomic E-state index is 12.8. The average molecular weight is 369 g/mol. The number of amides is 1. The number of aromatic nitrogens is 3. The second-order valence-electron chi connectivity index (χ2n) is 7.82. The molecule has 0 spiro atoms. The Bertz CT molecular complexity index is 919. The van der Waals surface area contributed by atoms with Crippen LogP contribution in [0.25, 0.3) is 4.96 Å². The fraction of sp³-hybridized carbons (Fsp3) is 0.421. The number of rotatable bonds is 3. The molecule has 3 aromatic rings. The maximum Gasteiger partial charge on any atom is 0.249 e. The Kier molecular flexibility index (Phi) is 3.99. The van der Waals surface area contributed by atoms with Crippen molar-refractivity contribution in [3.05, 3.63) is 41.7 Å². The fourth-order valence-electron chi connectivity index (χ4n) is 3.06. The van der Waals surface area contributed by atoms with E-state index in [-0.39, 0.29) is 17.4 Å². The van der Waals surface area contributed by atoms with E-state index in [9.17, 15) is 4.79 Å². The molecule has 1 aliphatic rings. The van der Waals surface area contributed by atoms with Gasteiger partial charge in [-0.15, -0.1) is 5.10 Å². The van der Waals surface area contributed by atoms with Gasteiger partial charge in [-0.05, 0) is 25.5 Å². The first-order valence-corrected chi connectivity index (χ1v) is 9.64. The van der Waals surface area contributed by atoms with Crippen molar-refractivity contribution in [3.63, 3.8) is 0 Å². The third-order valence-corrected chi connectivity index (χ3v) is 5.51. The first-order chi connectivity index (χ1) is 12.3. The highest BCUT2D eigenvalue weighted by Crippen LogP contribution is 2.28. The van der Waals surface area contributed by atoms with E-state index in [4.69, 9.17) is 0 Å². The first kappa shape index (κ1) is 17.0. The lowest BCUT2D eigenvalue weighted by molar-refractivity contribution is -0.117. The third kappa shape index (κ3) is 3.07. The quantitative estimate of drug-likeness (QED) is 0.766. The molecule has 7 heteroatoms. The van der Waals surface area contributed by atoms with Crippen molar-refractivity contribution in [1.82, 2.24) is 14.6 Å². The normalized spacial score (nSPS) is 18.1. The molecular formula is C19H23N5OS. The number of carbonyl (C=O) groups is 1. The molecule has 136 valence electrons. The molecule has 1 saturated heterocycles. The Morgan fingerprint density at radius 3 is 2.62 bits per heavy atom. The highest BCUT2D eigenvalue weighted by atomic mass is 32.1. The van der Waals surface area contributed by atoms with Crippen molar-refractivity contribution in [2.75, 3.05) is 16.8 Å². The van der Waals surface area contributed by atoms with Gasteiger partial charge in [-0.2, -0.15) is 0 Å². The van der Waals surface area contributed by atoms with Crippen LogP contribution in [0.1, 0.15) is 38.4 Å². The van der Waals surface area contributed by atoms with Gasteiger partial charge in [-0.25, -0.2) is 9.50 Å². The van der Waals surface area contributed by atoms with Crippen LogP contribution in [-0.4, -0.2) is 33.1 Å². The van der Waals surface area contributed by atoms with E-state index in [2.05, 4.69) is 36.2 Å². The number of carbonyl (C=O) groups excluding carboxylic acids is 1. The van der Waals surface area contributed by atoms with Crippen molar-refractivity contribution >= 4 is 33.0 Å². The smallest absolute Gasteiger partial charge is 0.249 e. The molecule has 3 heterocycles. The molecule has 1 atom stereocenters. The van der Waals surface area contributed by atoms with Crippen LogP contribution < -0.4 is 10.2 Å². The van der Waals surface area contributed by atoms with Crippen LogP contribution in [0.4, 0.5) is 10.8 Å². The molecule has 1 fully saturated rings. The van der Waals surface area contributed by atoms with Crippen molar-refractivity contribution in [3.8, 4) is 0 Å².